The molecule has 0 saturated heterocycles. The summed E-state index contributed by atoms with van der Waals surface area (Å²) in [6.45, 7) is 4.17. The van der Waals surface area contributed by atoms with Crippen LogP contribution in [0.5, 0.6) is 0 Å². The van der Waals surface area contributed by atoms with E-state index in [9.17, 15) is 0 Å². The van der Waals surface area contributed by atoms with Gasteiger partial charge in [0.05, 0.1) is 6.07 Å². The van der Waals surface area contributed by atoms with E-state index < -0.39 is 0 Å². The lowest BCUT2D eigenvalue weighted by atomic mass is 10.1. The van der Waals surface area contributed by atoms with Gasteiger partial charge in [-0.15, -0.1) is 0 Å². The fraction of sp³-hybridized carbons (Fsp3) is 0.417. The van der Waals surface area contributed by atoms with E-state index in [2.05, 4.69) is 49.5 Å². The average molecular weight is 188 g/mol. The standard InChI is InChI=1S/C12H16N2/c1-10-5-7-12(8-6-10)14-11(2)4-3-9-13/h5-8,11,14H,3-4H2,1-2H3. The van der Waals surface area contributed by atoms with Gasteiger partial charge in [0, 0.05) is 18.2 Å². The smallest absolute Gasteiger partial charge is 0.0622 e. The molecule has 1 N–H and O–H groups in total. The van der Waals surface area contributed by atoms with Crippen molar-refractivity contribution < 1.29 is 0 Å². The Balaban J connectivity index is 2.44. The van der Waals surface area contributed by atoms with Crippen LogP contribution in [0.4, 0.5) is 5.69 Å². The summed E-state index contributed by atoms with van der Waals surface area (Å²) in [6.07, 6.45) is 1.50. The van der Waals surface area contributed by atoms with Crippen molar-refractivity contribution in [2.75, 3.05) is 5.32 Å². The number of nitrogens with zero attached hydrogens (tertiary/aromatic N) is 1. The van der Waals surface area contributed by atoms with E-state index in [1.54, 1.807) is 0 Å². The van der Waals surface area contributed by atoms with Crippen molar-refractivity contribution in [3.05, 3.63) is 29.8 Å². The first-order valence-corrected chi connectivity index (χ1v) is 4.92. The van der Waals surface area contributed by atoms with Gasteiger partial charge in [0.1, 0.15) is 0 Å². The van der Waals surface area contributed by atoms with Crippen molar-refractivity contribution in [1.82, 2.24) is 0 Å². The number of hydrogen-bond donors (Lipinski definition) is 1. The number of benzene rings is 1. The number of aryl methyl sites for hydroxylation is 1. The summed E-state index contributed by atoms with van der Waals surface area (Å²) in [5.74, 6) is 0. The summed E-state index contributed by atoms with van der Waals surface area (Å²) in [5.41, 5.74) is 2.39. The van der Waals surface area contributed by atoms with Crippen LogP contribution in [-0.2, 0) is 0 Å². The van der Waals surface area contributed by atoms with Gasteiger partial charge in [-0.3, -0.25) is 0 Å². The highest BCUT2D eigenvalue weighted by Crippen LogP contribution is 2.11. The zero-order chi connectivity index (χ0) is 10.4. The molecular weight excluding hydrogens is 172 g/mol. The normalized spacial score (nSPS) is 11.8. The lowest BCUT2D eigenvalue weighted by molar-refractivity contribution is 0.723. The van der Waals surface area contributed by atoms with E-state index >= 15 is 0 Å². The van der Waals surface area contributed by atoms with E-state index in [4.69, 9.17) is 5.26 Å². The van der Waals surface area contributed by atoms with Crippen molar-refractivity contribution >= 4 is 5.69 Å². The number of nitriles is 1. The number of nitrogens with one attached hydrogen (secondary N) is 1. The van der Waals surface area contributed by atoms with Gasteiger partial charge in [-0.05, 0) is 32.4 Å². The SMILES string of the molecule is Cc1ccc(NC(C)CCC#N)cc1. The number of anilines is 1. The average Bonchev–Trinajstić information content (AvgIpc) is 2.18. The van der Waals surface area contributed by atoms with Gasteiger partial charge in [-0.25, -0.2) is 0 Å². The van der Waals surface area contributed by atoms with Crippen LogP contribution in [0.2, 0.25) is 0 Å². The third-order valence-electron chi connectivity index (χ3n) is 2.15. The van der Waals surface area contributed by atoms with Crippen LogP contribution in [-0.4, -0.2) is 6.04 Å². The first-order chi connectivity index (χ1) is 6.72. The molecule has 1 aromatic rings. The molecule has 1 aromatic carbocycles. The molecule has 0 bridgehead atoms. The summed E-state index contributed by atoms with van der Waals surface area (Å²) in [7, 11) is 0. The minimum absolute atomic E-state index is 0.359. The summed E-state index contributed by atoms with van der Waals surface area (Å²) in [5, 5.41) is 11.8. The predicted octanol–water partition coefficient (Wildman–Crippen LogP) is 3.10. The number of rotatable bonds is 4. The van der Waals surface area contributed by atoms with Crippen LogP contribution in [0.3, 0.4) is 0 Å². The molecule has 1 atom stereocenters. The molecule has 0 aliphatic heterocycles. The zero-order valence-electron chi connectivity index (χ0n) is 8.75. The van der Waals surface area contributed by atoms with Gasteiger partial charge < -0.3 is 5.32 Å². The second-order valence-corrected chi connectivity index (χ2v) is 3.61. The minimum atomic E-state index is 0.359. The molecule has 0 spiro atoms. The van der Waals surface area contributed by atoms with Gasteiger partial charge >= 0.3 is 0 Å². The van der Waals surface area contributed by atoms with E-state index in [0.29, 0.717) is 12.5 Å². The van der Waals surface area contributed by atoms with E-state index in [0.717, 1.165) is 12.1 Å². The molecule has 0 amide bonds. The Kier molecular flexibility index (Phi) is 4.00. The Labute approximate surface area is 85.6 Å². The molecule has 0 aliphatic carbocycles. The van der Waals surface area contributed by atoms with E-state index in [-0.39, 0.29) is 0 Å². The highest BCUT2D eigenvalue weighted by molar-refractivity contribution is 5.45. The quantitative estimate of drug-likeness (QED) is 0.788. The predicted molar refractivity (Wildman–Crippen MR) is 59.1 cm³/mol. The Hall–Kier alpha value is -1.49. The Morgan fingerprint density at radius 1 is 1.36 bits per heavy atom. The summed E-state index contributed by atoms with van der Waals surface area (Å²) < 4.78 is 0. The van der Waals surface area contributed by atoms with Crippen LogP contribution in [0.25, 0.3) is 0 Å². The fourth-order valence-corrected chi connectivity index (χ4v) is 1.29. The van der Waals surface area contributed by atoms with Crippen LogP contribution in [0, 0.1) is 18.3 Å². The lowest BCUT2D eigenvalue weighted by Gasteiger charge is -2.13. The lowest BCUT2D eigenvalue weighted by Crippen LogP contribution is -2.14. The molecule has 0 radical (unpaired) electrons. The van der Waals surface area contributed by atoms with Crippen molar-refractivity contribution in [3.63, 3.8) is 0 Å². The van der Waals surface area contributed by atoms with Crippen molar-refractivity contribution in [2.45, 2.75) is 32.7 Å². The van der Waals surface area contributed by atoms with Gasteiger partial charge in [-0.1, -0.05) is 17.7 Å². The highest BCUT2D eigenvalue weighted by Gasteiger charge is 2.00. The van der Waals surface area contributed by atoms with Crippen molar-refractivity contribution in [1.29, 1.82) is 5.26 Å². The summed E-state index contributed by atoms with van der Waals surface area (Å²) in [4.78, 5) is 0. The minimum Gasteiger partial charge on any atom is -0.383 e. The van der Waals surface area contributed by atoms with Crippen LogP contribution >= 0.6 is 0 Å². The molecule has 1 rings (SSSR count). The maximum Gasteiger partial charge on any atom is 0.0622 e. The van der Waals surface area contributed by atoms with Gasteiger partial charge in [0.25, 0.3) is 0 Å². The number of hydrogen-bond acceptors (Lipinski definition) is 2. The topological polar surface area (TPSA) is 35.8 Å². The van der Waals surface area contributed by atoms with Crippen LogP contribution in [0.15, 0.2) is 24.3 Å². The molecule has 0 aromatic heterocycles. The molecule has 2 nitrogen and oxygen atoms in total. The summed E-state index contributed by atoms with van der Waals surface area (Å²) in [6, 6.07) is 10.8. The maximum atomic E-state index is 8.44. The Morgan fingerprint density at radius 3 is 2.57 bits per heavy atom. The molecule has 0 heterocycles. The third kappa shape index (κ3) is 3.49. The maximum absolute atomic E-state index is 8.44. The van der Waals surface area contributed by atoms with Gasteiger partial charge in [-0.2, -0.15) is 5.26 Å². The molecule has 0 aliphatic rings. The molecule has 74 valence electrons. The molecule has 2 heteroatoms. The Bertz CT molecular complexity index is 308. The van der Waals surface area contributed by atoms with E-state index in [1.807, 2.05) is 0 Å². The highest BCUT2D eigenvalue weighted by atomic mass is 14.9. The Morgan fingerprint density at radius 2 is 2.00 bits per heavy atom. The fourth-order valence-electron chi connectivity index (χ4n) is 1.29. The molecule has 0 fully saturated rings. The van der Waals surface area contributed by atoms with Crippen LogP contribution in [0.1, 0.15) is 25.3 Å². The third-order valence-corrected chi connectivity index (χ3v) is 2.15. The molecule has 1 unspecified atom stereocenters. The second kappa shape index (κ2) is 5.29. The summed E-state index contributed by atoms with van der Waals surface area (Å²) >= 11 is 0. The second-order valence-electron chi connectivity index (χ2n) is 3.61. The van der Waals surface area contributed by atoms with Crippen molar-refractivity contribution in [2.24, 2.45) is 0 Å². The van der Waals surface area contributed by atoms with Gasteiger partial charge in [0.2, 0.25) is 0 Å². The van der Waals surface area contributed by atoms with Crippen LogP contribution < -0.4 is 5.32 Å². The molecular formula is C12H16N2. The monoisotopic (exact) mass is 188 g/mol. The molecule has 14 heavy (non-hydrogen) atoms. The van der Waals surface area contributed by atoms with Crippen molar-refractivity contribution in [3.8, 4) is 6.07 Å². The van der Waals surface area contributed by atoms with Gasteiger partial charge in [0.15, 0.2) is 0 Å². The first kappa shape index (κ1) is 10.6. The first-order valence-electron chi connectivity index (χ1n) is 4.92. The van der Waals surface area contributed by atoms with E-state index in [1.165, 1.54) is 5.56 Å². The largest absolute Gasteiger partial charge is 0.383 e. The zero-order valence-corrected chi connectivity index (χ0v) is 8.75. The molecule has 0 saturated carbocycles.